The summed E-state index contributed by atoms with van der Waals surface area (Å²) in [6.45, 7) is 3.34. The molecule has 0 saturated heterocycles. The number of hydrogen-bond acceptors (Lipinski definition) is 3. The summed E-state index contributed by atoms with van der Waals surface area (Å²) >= 11 is 0. The summed E-state index contributed by atoms with van der Waals surface area (Å²) in [5.41, 5.74) is 5.25. The Balaban J connectivity index is 2.45. The molecule has 1 atom stereocenters. The molecule has 0 spiro atoms. The van der Waals surface area contributed by atoms with Gasteiger partial charge < -0.3 is 10.8 Å². The molecular formula is C11H22N2O2. The minimum absolute atomic E-state index is 0.128. The maximum Gasteiger partial charge on any atom is 0.221 e. The molecule has 0 aromatic carbocycles. The zero-order valence-electron chi connectivity index (χ0n) is 9.48. The first kappa shape index (κ1) is 12.5. The average Bonchev–Trinajstić information content (AvgIpc) is 2.69. The van der Waals surface area contributed by atoms with Gasteiger partial charge in [0.25, 0.3) is 0 Å². The summed E-state index contributed by atoms with van der Waals surface area (Å²) in [4.78, 5) is 13.2. The fraction of sp³-hybridized carbons (Fsp3) is 0.909. The van der Waals surface area contributed by atoms with Gasteiger partial charge in [-0.25, -0.2) is 0 Å². The van der Waals surface area contributed by atoms with Crippen LogP contribution in [0, 0.1) is 5.92 Å². The van der Waals surface area contributed by atoms with Gasteiger partial charge in [0.1, 0.15) is 0 Å². The molecule has 0 aromatic rings. The second kappa shape index (κ2) is 6.08. The molecule has 1 rings (SSSR count). The van der Waals surface area contributed by atoms with Gasteiger partial charge in [-0.15, -0.1) is 0 Å². The lowest BCUT2D eigenvalue weighted by Gasteiger charge is -2.29. The van der Waals surface area contributed by atoms with E-state index in [2.05, 4.69) is 4.90 Å². The quantitative estimate of drug-likeness (QED) is 0.670. The first-order valence-electron chi connectivity index (χ1n) is 5.79. The van der Waals surface area contributed by atoms with Crippen LogP contribution >= 0.6 is 0 Å². The van der Waals surface area contributed by atoms with Crippen molar-refractivity contribution in [2.24, 2.45) is 11.7 Å². The van der Waals surface area contributed by atoms with Crippen molar-refractivity contribution in [1.82, 2.24) is 4.90 Å². The summed E-state index contributed by atoms with van der Waals surface area (Å²) in [5.74, 6) is -0.381. The Hall–Kier alpha value is -0.610. The van der Waals surface area contributed by atoms with Crippen LogP contribution in [0.15, 0.2) is 0 Å². The Morgan fingerprint density at radius 3 is 2.60 bits per heavy atom. The normalized spacial score (nSPS) is 19.7. The molecule has 1 aliphatic rings. The Kier molecular flexibility index (Phi) is 5.05. The molecule has 0 bridgehead atoms. The zero-order valence-corrected chi connectivity index (χ0v) is 9.48. The Labute approximate surface area is 91.4 Å². The van der Waals surface area contributed by atoms with E-state index in [1.807, 2.05) is 6.92 Å². The fourth-order valence-corrected chi connectivity index (χ4v) is 2.26. The second-order valence-corrected chi connectivity index (χ2v) is 4.46. The molecule has 1 aliphatic carbocycles. The van der Waals surface area contributed by atoms with E-state index in [0.29, 0.717) is 19.1 Å². The molecule has 1 fully saturated rings. The molecule has 1 unspecified atom stereocenters. The van der Waals surface area contributed by atoms with Crippen LogP contribution < -0.4 is 5.73 Å². The van der Waals surface area contributed by atoms with Gasteiger partial charge >= 0.3 is 0 Å². The van der Waals surface area contributed by atoms with Gasteiger partial charge in [-0.05, 0) is 12.8 Å². The Bertz CT molecular complexity index is 203. The van der Waals surface area contributed by atoms with Gasteiger partial charge in [0.15, 0.2) is 0 Å². The van der Waals surface area contributed by atoms with Crippen molar-refractivity contribution in [2.45, 2.75) is 38.6 Å². The van der Waals surface area contributed by atoms with Crippen LogP contribution in [-0.2, 0) is 4.79 Å². The predicted molar refractivity (Wildman–Crippen MR) is 59.3 cm³/mol. The van der Waals surface area contributed by atoms with Crippen LogP contribution in [0.25, 0.3) is 0 Å². The zero-order chi connectivity index (χ0) is 11.3. The van der Waals surface area contributed by atoms with E-state index < -0.39 is 0 Å². The van der Waals surface area contributed by atoms with Gasteiger partial charge in [-0.1, -0.05) is 19.8 Å². The van der Waals surface area contributed by atoms with E-state index in [1.54, 1.807) is 0 Å². The van der Waals surface area contributed by atoms with Crippen molar-refractivity contribution in [3.05, 3.63) is 0 Å². The lowest BCUT2D eigenvalue weighted by molar-refractivity contribution is -0.122. The molecule has 0 aromatic heterocycles. The van der Waals surface area contributed by atoms with E-state index in [-0.39, 0.29) is 18.4 Å². The third kappa shape index (κ3) is 3.80. The second-order valence-electron chi connectivity index (χ2n) is 4.46. The fourth-order valence-electron chi connectivity index (χ4n) is 2.26. The molecule has 3 N–H and O–H groups in total. The third-order valence-corrected chi connectivity index (χ3v) is 3.22. The van der Waals surface area contributed by atoms with Crippen molar-refractivity contribution in [3.63, 3.8) is 0 Å². The number of rotatable bonds is 6. The molecule has 0 heterocycles. The van der Waals surface area contributed by atoms with Crippen LogP contribution in [0.5, 0.6) is 0 Å². The molecule has 1 amide bonds. The summed E-state index contributed by atoms with van der Waals surface area (Å²) in [6.07, 6.45) is 4.89. The summed E-state index contributed by atoms with van der Waals surface area (Å²) < 4.78 is 0. The monoisotopic (exact) mass is 214 g/mol. The maximum absolute atomic E-state index is 11.0. The van der Waals surface area contributed by atoms with Gasteiger partial charge in [0, 0.05) is 25.0 Å². The highest BCUT2D eigenvalue weighted by atomic mass is 16.3. The first-order chi connectivity index (χ1) is 7.15. The number of amides is 1. The van der Waals surface area contributed by atoms with Crippen LogP contribution in [0.4, 0.5) is 0 Å². The van der Waals surface area contributed by atoms with Crippen LogP contribution in [0.1, 0.15) is 32.6 Å². The minimum atomic E-state index is -0.254. The SMILES string of the molecule is CC(CN(CCO)C1CCCC1)C(N)=O. The van der Waals surface area contributed by atoms with E-state index in [1.165, 1.54) is 25.7 Å². The minimum Gasteiger partial charge on any atom is -0.395 e. The highest BCUT2D eigenvalue weighted by Crippen LogP contribution is 2.23. The van der Waals surface area contributed by atoms with Crippen LogP contribution in [-0.4, -0.2) is 41.7 Å². The largest absolute Gasteiger partial charge is 0.395 e. The van der Waals surface area contributed by atoms with Gasteiger partial charge in [-0.2, -0.15) is 0 Å². The van der Waals surface area contributed by atoms with Crippen LogP contribution in [0.3, 0.4) is 0 Å². The standard InChI is InChI=1S/C11H22N2O2/c1-9(11(12)15)8-13(6-7-14)10-4-2-3-5-10/h9-10,14H,2-8H2,1H3,(H2,12,15). The van der Waals surface area contributed by atoms with Gasteiger partial charge in [0.05, 0.1) is 6.61 Å². The lowest BCUT2D eigenvalue weighted by Crippen LogP contribution is -2.41. The molecule has 88 valence electrons. The van der Waals surface area contributed by atoms with Crippen molar-refractivity contribution in [2.75, 3.05) is 19.7 Å². The molecule has 1 saturated carbocycles. The average molecular weight is 214 g/mol. The van der Waals surface area contributed by atoms with E-state index in [0.717, 1.165) is 0 Å². The van der Waals surface area contributed by atoms with Crippen molar-refractivity contribution < 1.29 is 9.90 Å². The number of hydrogen-bond donors (Lipinski definition) is 2. The lowest BCUT2D eigenvalue weighted by atomic mass is 10.1. The van der Waals surface area contributed by atoms with Crippen molar-refractivity contribution in [3.8, 4) is 0 Å². The predicted octanol–water partition coefficient (Wildman–Crippen LogP) is 0.345. The van der Waals surface area contributed by atoms with Crippen molar-refractivity contribution in [1.29, 1.82) is 0 Å². The van der Waals surface area contributed by atoms with Gasteiger partial charge in [0.2, 0.25) is 5.91 Å². The Morgan fingerprint density at radius 1 is 1.53 bits per heavy atom. The molecule has 4 nitrogen and oxygen atoms in total. The van der Waals surface area contributed by atoms with E-state index in [9.17, 15) is 4.79 Å². The third-order valence-electron chi connectivity index (χ3n) is 3.22. The number of primary amides is 1. The summed E-state index contributed by atoms with van der Waals surface area (Å²) in [6, 6.07) is 0.541. The molecule has 15 heavy (non-hydrogen) atoms. The van der Waals surface area contributed by atoms with E-state index >= 15 is 0 Å². The number of aliphatic hydroxyl groups is 1. The number of carbonyl (C=O) groups excluding carboxylic acids is 1. The highest BCUT2D eigenvalue weighted by molar-refractivity contribution is 5.76. The molecular weight excluding hydrogens is 192 g/mol. The summed E-state index contributed by atoms with van der Waals surface area (Å²) in [5, 5.41) is 8.99. The molecule has 0 radical (unpaired) electrons. The summed E-state index contributed by atoms with van der Waals surface area (Å²) in [7, 11) is 0. The van der Waals surface area contributed by atoms with E-state index in [4.69, 9.17) is 10.8 Å². The van der Waals surface area contributed by atoms with Gasteiger partial charge in [-0.3, -0.25) is 9.69 Å². The smallest absolute Gasteiger partial charge is 0.221 e. The topological polar surface area (TPSA) is 66.6 Å². The Morgan fingerprint density at radius 2 is 2.13 bits per heavy atom. The first-order valence-corrected chi connectivity index (χ1v) is 5.79. The number of nitrogens with two attached hydrogens (primary N) is 1. The molecule has 0 aliphatic heterocycles. The van der Waals surface area contributed by atoms with Crippen LogP contribution in [0.2, 0.25) is 0 Å². The number of nitrogens with zero attached hydrogens (tertiary/aromatic N) is 1. The maximum atomic E-state index is 11.0. The molecule has 4 heteroatoms. The highest BCUT2D eigenvalue weighted by Gasteiger charge is 2.24. The number of carbonyl (C=O) groups is 1. The number of aliphatic hydroxyl groups excluding tert-OH is 1. The van der Waals surface area contributed by atoms with Crippen molar-refractivity contribution >= 4 is 5.91 Å².